The molecule has 3 fully saturated rings. The van der Waals surface area contributed by atoms with Crippen LogP contribution in [0.3, 0.4) is 0 Å². The van der Waals surface area contributed by atoms with Gasteiger partial charge in [-0.25, -0.2) is 0 Å². The number of fused-ring (bicyclic) bond motifs is 1. The van der Waals surface area contributed by atoms with E-state index in [1.165, 1.54) is 45.2 Å². The lowest BCUT2D eigenvalue weighted by molar-refractivity contribution is 0.313. The molecule has 4 atom stereocenters. The first-order valence-electron chi connectivity index (χ1n) is 6.27. The maximum atomic E-state index is 3.90. The van der Waals surface area contributed by atoms with Gasteiger partial charge >= 0.3 is 0 Å². The monoisotopic (exact) mass is 194 g/mol. The van der Waals surface area contributed by atoms with Crippen LogP contribution in [0, 0.1) is 11.8 Å². The fourth-order valence-corrected chi connectivity index (χ4v) is 3.49. The Balaban J connectivity index is 1.52. The fraction of sp³-hybridized carbons (Fsp3) is 1.00. The van der Waals surface area contributed by atoms with Gasteiger partial charge in [0, 0.05) is 18.6 Å². The molecule has 0 aromatic heterocycles. The zero-order valence-corrected chi connectivity index (χ0v) is 9.21. The molecule has 2 nitrogen and oxygen atoms in total. The van der Waals surface area contributed by atoms with E-state index in [4.69, 9.17) is 0 Å². The lowest BCUT2D eigenvalue weighted by atomic mass is 9.95. The summed E-state index contributed by atoms with van der Waals surface area (Å²) >= 11 is 0. The minimum Gasteiger partial charge on any atom is -0.310 e. The van der Waals surface area contributed by atoms with Gasteiger partial charge in [-0.1, -0.05) is 12.8 Å². The van der Waals surface area contributed by atoms with Crippen molar-refractivity contribution in [2.45, 2.75) is 44.2 Å². The molecule has 0 spiro atoms. The molecule has 2 saturated carbocycles. The Hall–Kier alpha value is -0.0800. The van der Waals surface area contributed by atoms with Gasteiger partial charge in [-0.3, -0.25) is 0 Å². The largest absolute Gasteiger partial charge is 0.310 e. The maximum Gasteiger partial charge on any atom is 0.0209 e. The number of likely N-dealkylation sites (N-methyl/N-ethyl adjacent to an activating group) is 1. The van der Waals surface area contributed by atoms with Crippen LogP contribution < -0.4 is 5.32 Å². The normalized spacial score (nSPS) is 47.8. The topological polar surface area (TPSA) is 15.3 Å². The first-order chi connectivity index (χ1) is 6.83. The van der Waals surface area contributed by atoms with Gasteiger partial charge in [0.25, 0.3) is 0 Å². The van der Waals surface area contributed by atoms with E-state index >= 15 is 0 Å². The second-order valence-corrected chi connectivity index (χ2v) is 5.61. The lowest BCUT2D eigenvalue weighted by Crippen LogP contribution is -2.42. The lowest BCUT2D eigenvalue weighted by Gasteiger charge is -2.26. The number of nitrogens with one attached hydrogen (secondary N) is 1. The van der Waals surface area contributed by atoms with Crippen molar-refractivity contribution in [2.24, 2.45) is 11.8 Å². The highest BCUT2D eigenvalue weighted by Crippen LogP contribution is 2.49. The molecule has 0 aromatic carbocycles. The van der Waals surface area contributed by atoms with E-state index in [0.29, 0.717) is 0 Å². The van der Waals surface area contributed by atoms with Gasteiger partial charge in [-0.2, -0.15) is 0 Å². The van der Waals surface area contributed by atoms with Crippen molar-refractivity contribution >= 4 is 0 Å². The number of hydrogen-bond acceptors (Lipinski definition) is 2. The highest BCUT2D eigenvalue weighted by Gasteiger charge is 2.45. The molecule has 1 aliphatic heterocycles. The zero-order chi connectivity index (χ0) is 9.54. The predicted molar refractivity (Wildman–Crippen MR) is 58.3 cm³/mol. The van der Waals surface area contributed by atoms with Gasteiger partial charge in [-0.15, -0.1) is 0 Å². The molecular formula is C12H22N2. The summed E-state index contributed by atoms with van der Waals surface area (Å²) in [5.41, 5.74) is 0. The van der Waals surface area contributed by atoms with E-state index in [-0.39, 0.29) is 0 Å². The van der Waals surface area contributed by atoms with E-state index in [0.717, 1.165) is 23.9 Å². The second-order valence-electron chi connectivity index (χ2n) is 5.61. The molecule has 3 aliphatic rings. The third-order valence-corrected chi connectivity index (χ3v) is 4.43. The van der Waals surface area contributed by atoms with Crippen molar-refractivity contribution in [1.29, 1.82) is 0 Å². The Bertz CT molecular complexity index is 216. The molecule has 0 bridgehead atoms. The van der Waals surface area contributed by atoms with Crippen LogP contribution in [0.5, 0.6) is 0 Å². The maximum absolute atomic E-state index is 3.90. The van der Waals surface area contributed by atoms with Crippen LogP contribution in [0.1, 0.15) is 32.1 Å². The molecule has 0 aromatic rings. The summed E-state index contributed by atoms with van der Waals surface area (Å²) in [6, 6.07) is 1.68. The Morgan fingerprint density at radius 2 is 2.14 bits per heavy atom. The smallest absolute Gasteiger partial charge is 0.0209 e. The number of rotatable bonds is 2. The van der Waals surface area contributed by atoms with Gasteiger partial charge in [0.05, 0.1) is 0 Å². The van der Waals surface area contributed by atoms with Crippen LogP contribution in [0.4, 0.5) is 0 Å². The Morgan fingerprint density at radius 1 is 1.21 bits per heavy atom. The molecule has 2 aliphatic carbocycles. The molecular weight excluding hydrogens is 172 g/mol. The van der Waals surface area contributed by atoms with E-state index in [9.17, 15) is 0 Å². The number of hydrogen-bond donors (Lipinski definition) is 1. The Kier molecular flexibility index (Phi) is 2.29. The van der Waals surface area contributed by atoms with Crippen LogP contribution in [0.25, 0.3) is 0 Å². The molecule has 0 amide bonds. The molecule has 2 heteroatoms. The van der Waals surface area contributed by atoms with Crippen molar-refractivity contribution in [3.63, 3.8) is 0 Å². The fourth-order valence-electron chi connectivity index (χ4n) is 3.49. The summed E-state index contributed by atoms with van der Waals surface area (Å²) in [4.78, 5) is 2.45. The SMILES string of the molecule is CN1CCC(NC2CCC[C@H]3C[C@@H]23)C1. The molecule has 14 heavy (non-hydrogen) atoms. The predicted octanol–water partition coefficient (Wildman–Crippen LogP) is 1.47. The molecule has 2 unspecified atom stereocenters. The van der Waals surface area contributed by atoms with Gasteiger partial charge in [0.1, 0.15) is 0 Å². The van der Waals surface area contributed by atoms with Crippen LogP contribution in [-0.4, -0.2) is 37.1 Å². The van der Waals surface area contributed by atoms with E-state index in [1.807, 2.05) is 0 Å². The van der Waals surface area contributed by atoms with Crippen molar-refractivity contribution < 1.29 is 0 Å². The Labute approximate surface area is 87.0 Å². The summed E-state index contributed by atoms with van der Waals surface area (Å²) in [5, 5.41) is 3.90. The molecule has 1 heterocycles. The van der Waals surface area contributed by atoms with E-state index in [2.05, 4.69) is 17.3 Å². The van der Waals surface area contributed by atoms with E-state index < -0.39 is 0 Å². The van der Waals surface area contributed by atoms with Gasteiger partial charge < -0.3 is 10.2 Å². The Morgan fingerprint density at radius 3 is 2.93 bits per heavy atom. The second kappa shape index (κ2) is 3.49. The van der Waals surface area contributed by atoms with Crippen LogP contribution in [-0.2, 0) is 0 Å². The van der Waals surface area contributed by atoms with Crippen molar-refractivity contribution in [3.8, 4) is 0 Å². The molecule has 3 rings (SSSR count). The van der Waals surface area contributed by atoms with Crippen molar-refractivity contribution in [3.05, 3.63) is 0 Å². The summed E-state index contributed by atoms with van der Waals surface area (Å²) in [6.45, 7) is 2.56. The molecule has 80 valence electrons. The minimum atomic E-state index is 0.796. The van der Waals surface area contributed by atoms with Crippen LogP contribution >= 0.6 is 0 Å². The highest BCUT2D eigenvalue weighted by atomic mass is 15.2. The standard InChI is InChI=1S/C12H22N2/c1-14-6-5-10(8-14)13-12-4-2-3-9-7-11(9)12/h9-13H,2-8H2,1H3/t9-,10?,11+,12?/m0/s1. The summed E-state index contributed by atoms with van der Waals surface area (Å²) in [6.07, 6.45) is 7.33. The first kappa shape index (κ1) is 9.17. The quantitative estimate of drug-likeness (QED) is 0.716. The number of nitrogens with zero attached hydrogens (tertiary/aromatic N) is 1. The average molecular weight is 194 g/mol. The molecule has 1 saturated heterocycles. The summed E-state index contributed by atoms with van der Waals surface area (Å²) in [7, 11) is 2.24. The van der Waals surface area contributed by atoms with Crippen molar-refractivity contribution in [1.82, 2.24) is 10.2 Å². The van der Waals surface area contributed by atoms with Crippen LogP contribution in [0.15, 0.2) is 0 Å². The number of likely N-dealkylation sites (tertiary alicyclic amines) is 1. The van der Waals surface area contributed by atoms with Gasteiger partial charge in [0.15, 0.2) is 0 Å². The third-order valence-electron chi connectivity index (χ3n) is 4.43. The van der Waals surface area contributed by atoms with Crippen LogP contribution in [0.2, 0.25) is 0 Å². The van der Waals surface area contributed by atoms with E-state index in [1.54, 1.807) is 0 Å². The first-order valence-corrected chi connectivity index (χ1v) is 6.27. The van der Waals surface area contributed by atoms with Gasteiger partial charge in [0.2, 0.25) is 0 Å². The summed E-state index contributed by atoms with van der Waals surface area (Å²) in [5.74, 6) is 2.18. The average Bonchev–Trinajstić information content (AvgIpc) is 2.86. The highest BCUT2D eigenvalue weighted by molar-refractivity contribution is 4.99. The third kappa shape index (κ3) is 1.70. The minimum absolute atomic E-state index is 0.796. The molecule has 1 N–H and O–H groups in total. The zero-order valence-electron chi connectivity index (χ0n) is 9.21. The van der Waals surface area contributed by atoms with Gasteiger partial charge in [-0.05, 0) is 44.7 Å². The van der Waals surface area contributed by atoms with Crippen molar-refractivity contribution in [2.75, 3.05) is 20.1 Å². The molecule has 0 radical (unpaired) electrons. The summed E-state index contributed by atoms with van der Waals surface area (Å²) < 4.78 is 0.